The van der Waals surface area contributed by atoms with Crippen LogP contribution in [-0.4, -0.2) is 14.3 Å². The number of aromatic nitrogens is 3. The average molecular weight is 296 g/mol. The molecule has 0 saturated heterocycles. The molecule has 0 aliphatic carbocycles. The summed E-state index contributed by atoms with van der Waals surface area (Å²) in [6.07, 6.45) is 0. The van der Waals surface area contributed by atoms with E-state index in [0.29, 0.717) is 0 Å². The smallest absolute Gasteiger partial charge is 0.276 e. The van der Waals surface area contributed by atoms with E-state index in [-0.39, 0.29) is 11.7 Å². The van der Waals surface area contributed by atoms with E-state index < -0.39 is 0 Å². The maximum absolute atomic E-state index is 12.2. The summed E-state index contributed by atoms with van der Waals surface area (Å²) in [6, 6.07) is 7.63. The molecule has 0 atom stereocenters. The number of hydrogen-bond donors (Lipinski definition) is 0. The molecule has 2 rings (SSSR count). The number of aryl methyl sites for hydroxylation is 1. The predicted octanol–water partition coefficient (Wildman–Crippen LogP) is 2.69. The Bertz CT molecular complexity index is 581. The fourth-order valence-corrected chi connectivity index (χ4v) is 2.09. The first-order chi connectivity index (χ1) is 8.00. The van der Waals surface area contributed by atoms with E-state index in [1.54, 1.807) is 4.57 Å². The molecule has 90 valence electrons. The molecular weight excluding hydrogens is 282 g/mol. The Morgan fingerprint density at radius 1 is 1.24 bits per heavy atom. The van der Waals surface area contributed by atoms with Gasteiger partial charge in [0.15, 0.2) is 0 Å². The zero-order chi connectivity index (χ0) is 12.6. The third kappa shape index (κ3) is 2.20. The summed E-state index contributed by atoms with van der Waals surface area (Å²) in [5.74, 6) is 0.730. The van der Waals surface area contributed by atoms with Crippen LogP contribution in [0.1, 0.15) is 25.7 Å². The molecule has 0 aliphatic heterocycles. The first-order valence-electron chi connectivity index (χ1n) is 5.45. The monoisotopic (exact) mass is 295 g/mol. The maximum Gasteiger partial charge on any atom is 0.350 e. The van der Waals surface area contributed by atoms with Crippen LogP contribution < -0.4 is 5.69 Å². The lowest BCUT2D eigenvalue weighted by atomic mass is 10.3. The van der Waals surface area contributed by atoms with Gasteiger partial charge in [-0.25, -0.2) is 4.79 Å². The second-order valence-corrected chi connectivity index (χ2v) is 5.10. The number of halogens is 1. The second-order valence-electron chi connectivity index (χ2n) is 4.18. The van der Waals surface area contributed by atoms with Crippen LogP contribution in [0.4, 0.5) is 0 Å². The predicted molar refractivity (Wildman–Crippen MR) is 70.6 cm³/mol. The first kappa shape index (κ1) is 12.1. The molecule has 1 heterocycles. The first-order valence-corrected chi connectivity index (χ1v) is 6.24. The van der Waals surface area contributed by atoms with E-state index in [9.17, 15) is 4.79 Å². The topological polar surface area (TPSA) is 39.8 Å². The van der Waals surface area contributed by atoms with Crippen molar-refractivity contribution in [3.05, 3.63) is 45.0 Å². The van der Waals surface area contributed by atoms with E-state index in [4.69, 9.17) is 0 Å². The molecule has 1 aromatic heterocycles. The molecule has 0 unspecified atom stereocenters. The highest BCUT2D eigenvalue weighted by molar-refractivity contribution is 9.10. The standard InChI is InChI=1S/C12H14BrN3O/c1-8(2)15-9(3)14-16(12(15)17)11-6-4-10(13)5-7-11/h4-8H,1-3H3. The lowest BCUT2D eigenvalue weighted by Gasteiger charge is -2.05. The van der Waals surface area contributed by atoms with E-state index in [1.165, 1.54) is 4.68 Å². The minimum Gasteiger partial charge on any atom is -0.276 e. The molecule has 0 radical (unpaired) electrons. The summed E-state index contributed by atoms with van der Waals surface area (Å²) >= 11 is 3.37. The lowest BCUT2D eigenvalue weighted by molar-refractivity contribution is 0.561. The Morgan fingerprint density at radius 2 is 1.82 bits per heavy atom. The van der Waals surface area contributed by atoms with Gasteiger partial charge in [0.2, 0.25) is 0 Å². The Kier molecular flexibility index (Phi) is 3.19. The number of rotatable bonds is 2. The molecule has 0 saturated carbocycles. The van der Waals surface area contributed by atoms with Gasteiger partial charge >= 0.3 is 5.69 Å². The Labute approximate surface area is 108 Å². The van der Waals surface area contributed by atoms with Gasteiger partial charge in [-0.05, 0) is 45.0 Å². The van der Waals surface area contributed by atoms with Gasteiger partial charge in [0.25, 0.3) is 0 Å². The molecule has 0 bridgehead atoms. The van der Waals surface area contributed by atoms with Crippen LogP contribution in [-0.2, 0) is 0 Å². The fourth-order valence-electron chi connectivity index (χ4n) is 1.82. The van der Waals surface area contributed by atoms with Crippen molar-refractivity contribution in [3.8, 4) is 5.69 Å². The van der Waals surface area contributed by atoms with Crippen LogP contribution in [0.2, 0.25) is 0 Å². The van der Waals surface area contributed by atoms with Crippen molar-refractivity contribution in [2.24, 2.45) is 0 Å². The van der Waals surface area contributed by atoms with Gasteiger partial charge in [-0.1, -0.05) is 15.9 Å². The van der Waals surface area contributed by atoms with Crippen LogP contribution in [0.15, 0.2) is 33.5 Å². The molecule has 0 amide bonds. The summed E-state index contributed by atoms with van der Waals surface area (Å²) in [5, 5.41) is 4.28. The normalized spacial score (nSPS) is 11.1. The number of benzene rings is 1. The lowest BCUT2D eigenvalue weighted by Crippen LogP contribution is -2.25. The van der Waals surface area contributed by atoms with Crippen molar-refractivity contribution in [3.63, 3.8) is 0 Å². The summed E-state index contributed by atoms with van der Waals surface area (Å²) in [6.45, 7) is 5.79. The van der Waals surface area contributed by atoms with Crippen LogP contribution in [0, 0.1) is 6.92 Å². The van der Waals surface area contributed by atoms with Crippen LogP contribution >= 0.6 is 15.9 Å². The highest BCUT2D eigenvalue weighted by atomic mass is 79.9. The van der Waals surface area contributed by atoms with Crippen LogP contribution in [0.3, 0.4) is 0 Å². The second kappa shape index (κ2) is 4.49. The van der Waals surface area contributed by atoms with Crippen molar-refractivity contribution < 1.29 is 0 Å². The Morgan fingerprint density at radius 3 is 2.29 bits per heavy atom. The summed E-state index contributed by atoms with van der Waals surface area (Å²) in [7, 11) is 0. The van der Waals surface area contributed by atoms with Crippen molar-refractivity contribution in [1.82, 2.24) is 14.3 Å². The fraction of sp³-hybridized carbons (Fsp3) is 0.333. The number of nitrogens with zero attached hydrogens (tertiary/aromatic N) is 3. The van der Waals surface area contributed by atoms with E-state index in [2.05, 4.69) is 21.0 Å². The van der Waals surface area contributed by atoms with Gasteiger partial charge in [-0.2, -0.15) is 9.78 Å². The largest absolute Gasteiger partial charge is 0.350 e. The zero-order valence-corrected chi connectivity index (χ0v) is 11.6. The maximum atomic E-state index is 12.2. The van der Waals surface area contributed by atoms with Crippen molar-refractivity contribution in [2.75, 3.05) is 0 Å². The van der Waals surface area contributed by atoms with Gasteiger partial charge < -0.3 is 0 Å². The molecule has 0 spiro atoms. The van der Waals surface area contributed by atoms with Crippen molar-refractivity contribution in [2.45, 2.75) is 26.8 Å². The number of hydrogen-bond acceptors (Lipinski definition) is 2. The molecule has 0 aliphatic rings. The van der Waals surface area contributed by atoms with Gasteiger partial charge in [-0.15, -0.1) is 0 Å². The molecule has 0 N–H and O–H groups in total. The van der Waals surface area contributed by atoms with Crippen LogP contribution in [0.5, 0.6) is 0 Å². The van der Waals surface area contributed by atoms with E-state index >= 15 is 0 Å². The molecule has 17 heavy (non-hydrogen) atoms. The summed E-state index contributed by atoms with van der Waals surface area (Å²) < 4.78 is 4.10. The molecule has 0 fully saturated rings. The quantitative estimate of drug-likeness (QED) is 0.855. The van der Waals surface area contributed by atoms with Gasteiger partial charge in [0.1, 0.15) is 5.82 Å². The highest BCUT2D eigenvalue weighted by Crippen LogP contribution is 2.13. The Hall–Kier alpha value is -1.36. The van der Waals surface area contributed by atoms with Crippen molar-refractivity contribution in [1.29, 1.82) is 0 Å². The van der Waals surface area contributed by atoms with Gasteiger partial charge in [0.05, 0.1) is 5.69 Å². The zero-order valence-electron chi connectivity index (χ0n) is 10.0. The van der Waals surface area contributed by atoms with Gasteiger partial charge in [-0.3, -0.25) is 4.57 Å². The highest BCUT2D eigenvalue weighted by Gasteiger charge is 2.13. The third-order valence-corrected chi connectivity index (χ3v) is 3.10. The minimum absolute atomic E-state index is 0.0974. The molecule has 2 aromatic rings. The SMILES string of the molecule is Cc1nn(-c2ccc(Br)cc2)c(=O)n1C(C)C. The molecule has 5 heteroatoms. The minimum atomic E-state index is -0.0974. The Balaban J connectivity index is 2.58. The molecular formula is C12H14BrN3O. The summed E-state index contributed by atoms with van der Waals surface area (Å²) in [4.78, 5) is 12.2. The third-order valence-electron chi connectivity index (χ3n) is 2.57. The van der Waals surface area contributed by atoms with E-state index in [1.807, 2.05) is 45.0 Å². The van der Waals surface area contributed by atoms with E-state index in [0.717, 1.165) is 16.0 Å². The average Bonchev–Trinajstić information content (AvgIpc) is 2.55. The molecule has 4 nitrogen and oxygen atoms in total. The molecule has 1 aromatic carbocycles. The van der Waals surface area contributed by atoms with Crippen molar-refractivity contribution >= 4 is 15.9 Å². The summed E-state index contributed by atoms with van der Waals surface area (Å²) in [5.41, 5.74) is 0.681. The van der Waals surface area contributed by atoms with Crippen LogP contribution in [0.25, 0.3) is 5.69 Å². The van der Waals surface area contributed by atoms with Gasteiger partial charge in [0, 0.05) is 10.5 Å².